The second kappa shape index (κ2) is 20.9. The van der Waals surface area contributed by atoms with Gasteiger partial charge in [0, 0.05) is 44.5 Å². The maximum Gasteiger partial charge on any atom is 0.274 e. The molecule has 2 aromatic heterocycles. The third kappa shape index (κ3) is 12.2. The van der Waals surface area contributed by atoms with Crippen molar-refractivity contribution in [3.8, 4) is 0 Å². The molecule has 0 spiro atoms. The van der Waals surface area contributed by atoms with Crippen molar-refractivity contribution < 1.29 is 24.0 Å². The molecule has 2 aromatic carbocycles. The van der Waals surface area contributed by atoms with E-state index in [0.717, 1.165) is 11.1 Å². The predicted molar refractivity (Wildman–Crippen MR) is 228 cm³/mol. The van der Waals surface area contributed by atoms with Gasteiger partial charge in [-0.2, -0.15) is 0 Å². The summed E-state index contributed by atoms with van der Waals surface area (Å²) in [5, 5.41) is 8.75. The number of likely N-dealkylation sites (tertiary alicyclic amines) is 1. The van der Waals surface area contributed by atoms with Crippen molar-refractivity contribution in [2.45, 2.75) is 102 Å². The molecule has 14 nitrogen and oxygen atoms in total. The van der Waals surface area contributed by atoms with E-state index in [2.05, 4.69) is 20.9 Å². The Labute approximate surface area is 347 Å². The van der Waals surface area contributed by atoms with E-state index < -0.39 is 47.4 Å². The van der Waals surface area contributed by atoms with Gasteiger partial charge in [0.05, 0.1) is 6.04 Å². The number of aromatic nitrogens is 2. The summed E-state index contributed by atoms with van der Waals surface area (Å²) in [6.07, 6.45) is 7.07. The van der Waals surface area contributed by atoms with Crippen molar-refractivity contribution in [2.75, 3.05) is 26.7 Å². The highest BCUT2D eigenvalue weighted by atomic mass is 16.2. The lowest BCUT2D eigenvalue weighted by molar-refractivity contribution is -0.139. The van der Waals surface area contributed by atoms with Crippen LogP contribution >= 0.6 is 0 Å². The Morgan fingerprint density at radius 1 is 0.780 bits per heavy atom. The fourth-order valence-corrected chi connectivity index (χ4v) is 7.52. The standard InChI is InChI=1S/C45H61N9O5/c1-31(2)27-36(51-42(57)37(29-33-17-9-6-10-18-33)50-40(55)34(47)28-32-15-7-5-8-16-32)41(56)49-35(19-11-13-23-46)44(59)53-25-21-45(3,22-26-53)52(4)43(58)38-30-54-24-14-12-20-39(54)48-38/h5-10,12,14-18,20,24,30-31,34-37H,11,13,19,21-23,25-29,46-47H2,1-4H3,(H,49,56)(H,50,55)(H,51,57)/t34-,35-,36-,37-/m1/s1. The Kier molecular flexibility index (Phi) is 15.8. The van der Waals surface area contributed by atoms with Crippen molar-refractivity contribution in [3.63, 3.8) is 0 Å². The van der Waals surface area contributed by atoms with Crippen LogP contribution in [0.1, 0.15) is 80.9 Å². The Hall–Kier alpha value is -5.60. The number of pyridine rings is 1. The number of nitrogens with one attached hydrogen (secondary N) is 3. The van der Waals surface area contributed by atoms with Crippen LogP contribution in [0.3, 0.4) is 0 Å². The van der Waals surface area contributed by atoms with Gasteiger partial charge in [0.2, 0.25) is 23.6 Å². The number of rotatable bonds is 19. The number of benzene rings is 2. The lowest BCUT2D eigenvalue weighted by Crippen LogP contribution is -2.60. The molecule has 14 heteroatoms. The number of imidazole rings is 1. The average molecular weight is 808 g/mol. The normalized spacial score (nSPS) is 15.8. The van der Waals surface area contributed by atoms with Crippen LogP contribution in [-0.2, 0) is 32.0 Å². The van der Waals surface area contributed by atoms with E-state index in [0.29, 0.717) is 75.9 Å². The number of carbonyl (C=O) groups excluding carboxylic acids is 5. The average Bonchev–Trinajstić information content (AvgIpc) is 3.67. The minimum Gasteiger partial charge on any atom is -0.343 e. The number of carbonyl (C=O) groups is 5. The van der Waals surface area contributed by atoms with Crippen LogP contribution in [0, 0.1) is 5.92 Å². The lowest BCUT2D eigenvalue weighted by atomic mass is 9.87. The van der Waals surface area contributed by atoms with Crippen molar-refractivity contribution in [1.29, 1.82) is 0 Å². The molecule has 0 aliphatic carbocycles. The number of amides is 5. The van der Waals surface area contributed by atoms with E-state index in [-0.39, 0.29) is 24.2 Å². The first-order chi connectivity index (χ1) is 28.3. The molecule has 5 amide bonds. The second-order valence-corrected chi connectivity index (χ2v) is 16.4. The predicted octanol–water partition coefficient (Wildman–Crippen LogP) is 3.23. The SMILES string of the molecule is CC(C)C[C@@H](NC(=O)[C@@H](Cc1ccccc1)NC(=O)[C@H](N)Cc1ccccc1)C(=O)N[C@H](CCCCN)C(=O)N1CCC(C)(N(C)C(=O)c2cn3ccccc3n2)CC1. The van der Waals surface area contributed by atoms with Gasteiger partial charge in [-0.1, -0.05) is 80.6 Å². The smallest absolute Gasteiger partial charge is 0.274 e. The number of piperidine rings is 1. The summed E-state index contributed by atoms with van der Waals surface area (Å²) >= 11 is 0. The fourth-order valence-electron chi connectivity index (χ4n) is 7.52. The summed E-state index contributed by atoms with van der Waals surface area (Å²) in [5.74, 6) is -1.89. The number of fused-ring (bicyclic) bond motifs is 1. The molecule has 1 saturated heterocycles. The third-order valence-corrected chi connectivity index (χ3v) is 11.3. The molecule has 59 heavy (non-hydrogen) atoms. The molecular weight excluding hydrogens is 747 g/mol. The van der Waals surface area contributed by atoms with Crippen LogP contribution < -0.4 is 27.4 Å². The summed E-state index contributed by atoms with van der Waals surface area (Å²) in [6.45, 7) is 7.14. The molecule has 1 aliphatic rings. The van der Waals surface area contributed by atoms with Crippen molar-refractivity contribution in [1.82, 2.24) is 35.1 Å². The maximum absolute atomic E-state index is 14.2. The molecule has 7 N–H and O–H groups in total. The highest BCUT2D eigenvalue weighted by Crippen LogP contribution is 2.29. The minimum atomic E-state index is -1.02. The van der Waals surface area contributed by atoms with Crippen LogP contribution in [0.25, 0.3) is 5.65 Å². The molecule has 3 heterocycles. The zero-order chi connectivity index (χ0) is 42.5. The van der Waals surface area contributed by atoms with E-state index in [4.69, 9.17) is 11.5 Å². The highest BCUT2D eigenvalue weighted by molar-refractivity contribution is 5.95. The monoisotopic (exact) mass is 807 g/mol. The number of hydrogen-bond donors (Lipinski definition) is 5. The van der Waals surface area contributed by atoms with Crippen molar-refractivity contribution in [2.24, 2.45) is 17.4 Å². The van der Waals surface area contributed by atoms with E-state index in [1.54, 1.807) is 23.0 Å². The molecular formula is C45H61N9O5. The molecule has 1 aliphatic heterocycles. The zero-order valence-corrected chi connectivity index (χ0v) is 34.8. The second-order valence-electron chi connectivity index (χ2n) is 16.4. The van der Waals surface area contributed by atoms with Crippen LogP contribution in [-0.4, -0.2) is 105 Å². The summed E-state index contributed by atoms with van der Waals surface area (Å²) in [5.41, 5.74) is 14.3. The van der Waals surface area contributed by atoms with Crippen LogP contribution in [0.15, 0.2) is 91.3 Å². The van der Waals surface area contributed by atoms with Gasteiger partial charge in [-0.05, 0) is 87.6 Å². The zero-order valence-electron chi connectivity index (χ0n) is 34.8. The van der Waals surface area contributed by atoms with E-state index in [9.17, 15) is 24.0 Å². The van der Waals surface area contributed by atoms with E-state index in [1.807, 2.05) is 110 Å². The topological polar surface area (TPSA) is 197 Å². The fraction of sp³-hybridized carbons (Fsp3) is 0.467. The summed E-state index contributed by atoms with van der Waals surface area (Å²) in [4.78, 5) is 77.3. The third-order valence-electron chi connectivity index (χ3n) is 11.3. The molecule has 0 unspecified atom stereocenters. The number of hydrogen-bond acceptors (Lipinski definition) is 8. The first kappa shape index (κ1) is 44.5. The highest BCUT2D eigenvalue weighted by Gasteiger charge is 2.40. The first-order valence-electron chi connectivity index (χ1n) is 20.7. The maximum atomic E-state index is 14.2. The van der Waals surface area contributed by atoms with Gasteiger partial charge in [0.15, 0.2) is 0 Å². The van der Waals surface area contributed by atoms with Crippen LogP contribution in [0.4, 0.5) is 0 Å². The Morgan fingerprint density at radius 2 is 1.36 bits per heavy atom. The van der Waals surface area contributed by atoms with Gasteiger partial charge >= 0.3 is 0 Å². The van der Waals surface area contributed by atoms with Crippen LogP contribution in [0.2, 0.25) is 0 Å². The Morgan fingerprint density at radius 3 is 1.97 bits per heavy atom. The molecule has 0 bridgehead atoms. The van der Waals surface area contributed by atoms with E-state index in [1.165, 1.54) is 0 Å². The molecule has 5 rings (SSSR count). The summed E-state index contributed by atoms with van der Waals surface area (Å²) in [7, 11) is 1.78. The van der Waals surface area contributed by atoms with E-state index >= 15 is 0 Å². The minimum absolute atomic E-state index is 0.0129. The number of unbranched alkanes of at least 4 members (excludes halogenated alkanes) is 1. The van der Waals surface area contributed by atoms with Gasteiger partial charge in [0.1, 0.15) is 29.5 Å². The first-order valence-corrected chi connectivity index (χ1v) is 20.7. The molecule has 4 atom stereocenters. The largest absolute Gasteiger partial charge is 0.343 e. The molecule has 0 saturated carbocycles. The quantitative estimate of drug-likeness (QED) is 0.0891. The molecule has 4 aromatic rings. The van der Waals surface area contributed by atoms with Gasteiger partial charge in [-0.15, -0.1) is 0 Å². The number of nitrogens with zero attached hydrogens (tertiary/aromatic N) is 4. The van der Waals surface area contributed by atoms with Gasteiger partial charge in [0.25, 0.3) is 5.91 Å². The molecule has 1 fully saturated rings. The van der Waals surface area contributed by atoms with Crippen molar-refractivity contribution >= 4 is 35.2 Å². The van der Waals surface area contributed by atoms with Crippen LogP contribution in [0.5, 0.6) is 0 Å². The number of nitrogens with two attached hydrogens (primary N) is 2. The lowest BCUT2D eigenvalue weighted by Gasteiger charge is -2.45. The molecule has 0 radical (unpaired) electrons. The van der Waals surface area contributed by atoms with Gasteiger partial charge < -0.3 is 41.6 Å². The summed E-state index contributed by atoms with van der Waals surface area (Å²) in [6, 6.07) is 20.6. The van der Waals surface area contributed by atoms with Crippen molar-refractivity contribution in [3.05, 3.63) is 108 Å². The summed E-state index contributed by atoms with van der Waals surface area (Å²) < 4.78 is 1.81. The van der Waals surface area contributed by atoms with Gasteiger partial charge in [-0.25, -0.2) is 4.98 Å². The molecule has 316 valence electrons. The Bertz CT molecular complexity index is 1980. The van der Waals surface area contributed by atoms with Gasteiger partial charge in [-0.3, -0.25) is 24.0 Å². The Balaban J connectivity index is 1.26.